The van der Waals surface area contributed by atoms with Crippen molar-refractivity contribution >= 4 is 17.7 Å². The molecule has 0 heterocycles. The lowest BCUT2D eigenvalue weighted by Gasteiger charge is -2.29. The molecule has 0 radical (unpaired) electrons. The van der Waals surface area contributed by atoms with Crippen molar-refractivity contribution in [2.75, 3.05) is 6.54 Å². The van der Waals surface area contributed by atoms with Gasteiger partial charge in [-0.15, -0.1) is 0 Å². The highest BCUT2D eigenvalue weighted by atomic mass is 16.2. The molecule has 0 aliphatic heterocycles. The predicted molar refractivity (Wildman–Crippen MR) is 139 cm³/mol. The Bertz CT molecular complexity index is 802. The van der Waals surface area contributed by atoms with Crippen molar-refractivity contribution < 1.29 is 14.4 Å². The fraction of sp³-hybridized carbons (Fsp3) is 0.679. The Hall–Kier alpha value is -2.37. The lowest BCUT2D eigenvalue weighted by atomic mass is 9.79. The first-order valence-electron chi connectivity index (χ1n) is 12.5. The second-order valence-electron chi connectivity index (χ2n) is 12.3. The fourth-order valence-corrected chi connectivity index (χ4v) is 4.11. The third-order valence-electron chi connectivity index (χ3n) is 5.78. The maximum absolute atomic E-state index is 13.2. The summed E-state index contributed by atoms with van der Waals surface area (Å²) in [5, 5.41) is 5.59. The van der Waals surface area contributed by atoms with E-state index in [-0.39, 0.29) is 40.8 Å². The van der Waals surface area contributed by atoms with Crippen LogP contribution in [-0.2, 0) is 22.4 Å². The second kappa shape index (κ2) is 12.9. The van der Waals surface area contributed by atoms with Gasteiger partial charge in [0.2, 0.25) is 5.91 Å². The molecule has 1 rings (SSSR count). The van der Waals surface area contributed by atoms with Crippen molar-refractivity contribution in [3.05, 3.63) is 35.4 Å². The molecule has 0 aliphatic carbocycles. The molecule has 0 saturated carbocycles. The van der Waals surface area contributed by atoms with Crippen molar-refractivity contribution in [3.63, 3.8) is 0 Å². The molecule has 1 aromatic rings. The molecule has 1 aromatic carbocycles. The maximum atomic E-state index is 13.2. The third-order valence-corrected chi connectivity index (χ3v) is 5.78. The second-order valence-corrected chi connectivity index (χ2v) is 12.3. The molecular weight excluding hydrogens is 426 g/mol. The van der Waals surface area contributed by atoms with Crippen LogP contribution in [0.5, 0.6) is 0 Å². The molecular formula is C28H47N3O3. The summed E-state index contributed by atoms with van der Waals surface area (Å²) < 4.78 is 0. The Labute approximate surface area is 206 Å². The molecule has 0 bridgehead atoms. The molecule has 3 amide bonds. The van der Waals surface area contributed by atoms with Crippen LogP contribution < -0.4 is 16.4 Å². The number of nitrogens with one attached hydrogen (secondary N) is 2. The zero-order chi connectivity index (χ0) is 26.1. The van der Waals surface area contributed by atoms with Gasteiger partial charge in [-0.05, 0) is 53.6 Å². The number of hydrogen-bond donors (Lipinski definition) is 3. The highest BCUT2D eigenvalue weighted by Gasteiger charge is 2.30. The summed E-state index contributed by atoms with van der Waals surface area (Å²) in [6, 6.07) is 6.98. The minimum atomic E-state index is -0.599. The van der Waals surface area contributed by atoms with E-state index in [0.29, 0.717) is 19.4 Å². The maximum Gasteiger partial charge on any atom is 0.312 e. The van der Waals surface area contributed by atoms with E-state index in [1.807, 2.05) is 26.0 Å². The molecule has 0 aromatic heterocycles. The molecule has 6 nitrogen and oxygen atoms in total. The van der Waals surface area contributed by atoms with E-state index < -0.39 is 12.1 Å². The van der Waals surface area contributed by atoms with Gasteiger partial charge < -0.3 is 16.4 Å². The molecule has 34 heavy (non-hydrogen) atoms. The summed E-state index contributed by atoms with van der Waals surface area (Å²) >= 11 is 0. The minimum absolute atomic E-state index is 0.00594. The third kappa shape index (κ3) is 12.2. The molecule has 192 valence electrons. The van der Waals surface area contributed by atoms with Crippen molar-refractivity contribution in [1.82, 2.24) is 10.6 Å². The number of benzene rings is 1. The first-order chi connectivity index (χ1) is 15.6. The average molecular weight is 474 g/mol. The van der Waals surface area contributed by atoms with Gasteiger partial charge in [-0.1, -0.05) is 79.7 Å². The van der Waals surface area contributed by atoms with Crippen LogP contribution in [-0.4, -0.2) is 30.3 Å². The summed E-state index contributed by atoms with van der Waals surface area (Å²) in [7, 11) is 0. The lowest BCUT2D eigenvalue weighted by Crippen LogP contribution is -2.46. The van der Waals surface area contributed by atoms with Gasteiger partial charge in [-0.25, -0.2) is 4.79 Å². The van der Waals surface area contributed by atoms with E-state index >= 15 is 0 Å². The SMILES string of the molecule is CC(C)[C@H](CC(C)(C)C)C(=O)N[C@@H](CCCNC(N)=O)C(=O)Cc1ccc(CC(C)(C)C)cc1. The Morgan fingerprint density at radius 2 is 1.47 bits per heavy atom. The van der Waals surface area contributed by atoms with E-state index in [9.17, 15) is 14.4 Å². The minimum Gasteiger partial charge on any atom is -0.352 e. The van der Waals surface area contributed by atoms with Crippen LogP contribution in [0.25, 0.3) is 0 Å². The van der Waals surface area contributed by atoms with Gasteiger partial charge in [-0.2, -0.15) is 0 Å². The summed E-state index contributed by atoms with van der Waals surface area (Å²) in [5.41, 5.74) is 7.53. The normalized spacial score (nSPS) is 13.9. The van der Waals surface area contributed by atoms with E-state index in [0.717, 1.165) is 18.4 Å². The number of carbonyl (C=O) groups is 3. The quantitative estimate of drug-likeness (QED) is 0.371. The monoisotopic (exact) mass is 473 g/mol. The summed E-state index contributed by atoms with van der Waals surface area (Å²) in [6.45, 7) is 17.4. The molecule has 0 aliphatic rings. The zero-order valence-corrected chi connectivity index (χ0v) is 22.6. The van der Waals surface area contributed by atoms with Crippen molar-refractivity contribution in [2.24, 2.45) is 28.4 Å². The van der Waals surface area contributed by atoms with Crippen LogP contribution >= 0.6 is 0 Å². The fourth-order valence-electron chi connectivity index (χ4n) is 4.11. The number of rotatable bonds is 12. The molecule has 2 atom stereocenters. The van der Waals surface area contributed by atoms with Gasteiger partial charge in [0.1, 0.15) is 0 Å². The van der Waals surface area contributed by atoms with E-state index in [1.165, 1.54) is 5.56 Å². The Morgan fingerprint density at radius 1 is 0.912 bits per heavy atom. The molecule has 4 N–H and O–H groups in total. The molecule has 0 saturated heterocycles. The van der Waals surface area contributed by atoms with Gasteiger partial charge >= 0.3 is 6.03 Å². The number of nitrogens with two attached hydrogens (primary N) is 1. The number of urea groups is 1. The summed E-state index contributed by atoms with van der Waals surface area (Å²) in [4.78, 5) is 37.4. The highest BCUT2D eigenvalue weighted by molar-refractivity contribution is 5.91. The van der Waals surface area contributed by atoms with Crippen LogP contribution in [0.2, 0.25) is 0 Å². The van der Waals surface area contributed by atoms with Gasteiger partial charge in [0.25, 0.3) is 0 Å². The molecule has 0 spiro atoms. The van der Waals surface area contributed by atoms with Gasteiger partial charge in [-0.3, -0.25) is 9.59 Å². The Morgan fingerprint density at radius 3 is 1.94 bits per heavy atom. The molecule has 0 unspecified atom stereocenters. The van der Waals surface area contributed by atoms with Crippen molar-refractivity contribution in [2.45, 2.75) is 93.5 Å². The Kier molecular flexibility index (Phi) is 11.3. The van der Waals surface area contributed by atoms with E-state index in [1.54, 1.807) is 0 Å². The topological polar surface area (TPSA) is 101 Å². The Balaban J connectivity index is 2.93. The standard InChI is InChI=1S/C28H47N3O3/c1-19(2)22(18-28(6,7)8)25(33)31-23(10-9-15-30-26(29)34)24(32)16-20-11-13-21(14-12-20)17-27(3,4)5/h11-14,19,22-23H,9-10,15-18H2,1-8H3,(H,31,33)(H3,29,30,34)/t22-,23-/m0/s1. The van der Waals surface area contributed by atoms with Gasteiger partial charge in [0, 0.05) is 18.9 Å². The first kappa shape index (κ1) is 29.7. The van der Waals surface area contributed by atoms with Crippen LogP contribution in [0.1, 0.15) is 85.8 Å². The van der Waals surface area contributed by atoms with Crippen molar-refractivity contribution in [1.29, 1.82) is 0 Å². The van der Waals surface area contributed by atoms with Crippen LogP contribution in [0.3, 0.4) is 0 Å². The molecule has 0 fully saturated rings. The summed E-state index contributed by atoms with van der Waals surface area (Å²) in [6.07, 6.45) is 2.98. The number of primary amides is 1. The highest BCUT2D eigenvalue weighted by Crippen LogP contribution is 2.29. The predicted octanol–water partition coefficient (Wildman–Crippen LogP) is 5.03. The van der Waals surface area contributed by atoms with Crippen LogP contribution in [0.15, 0.2) is 24.3 Å². The van der Waals surface area contributed by atoms with Crippen LogP contribution in [0, 0.1) is 22.7 Å². The van der Waals surface area contributed by atoms with Crippen LogP contribution in [0.4, 0.5) is 4.79 Å². The number of hydrogen-bond acceptors (Lipinski definition) is 3. The number of ketones is 1. The van der Waals surface area contributed by atoms with E-state index in [4.69, 9.17) is 5.73 Å². The number of carbonyl (C=O) groups excluding carboxylic acids is 3. The molecule has 6 heteroatoms. The average Bonchev–Trinajstić information content (AvgIpc) is 2.67. The van der Waals surface area contributed by atoms with Gasteiger partial charge in [0.05, 0.1) is 6.04 Å². The smallest absolute Gasteiger partial charge is 0.312 e. The van der Waals surface area contributed by atoms with Gasteiger partial charge in [0.15, 0.2) is 5.78 Å². The van der Waals surface area contributed by atoms with E-state index in [2.05, 4.69) is 64.3 Å². The van der Waals surface area contributed by atoms with Crippen molar-refractivity contribution in [3.8, 4) is 0 Å². The first-order valence-corrected chi connectivity index (χ1v) is 12.5. The number of Topliss-reactive ketones (excluding diaryl/α,β-unsaturated/α-hetero) is 1. The lowest BCUT2D eigenvalue weighted by molar-refractivity contribution is -0.132. The number of amides is 3. The largest absolute Gasteiger partial charge is 0.352 e. The zero-order valence-electron chi connectivity index (χ0n) is 22.6. The summed E-state index contributed by atoms with van der Waals surface area (Å²) in [5.74, 6) is -0.0986.